The summed E-state index contributed by atoms with van der Waals surface area (Å²) in [6, 6.07) is 22.6. The molecule has 224 valence electrons. The summed E-state index contributed by atoms with van der Waals surface area (Å²) in [4.78, 5) is 20.7. The molecular formula is C35H52N4O2. The molecule has 2 aromatic carbocycles. The number of aliphatic hydroxyl groups is 1. The van der Waals surface area contributed by atoms with Gasteiger partial charge in [0.05, 0.1) is 6.10 Å². The Labute approximate surface area is 248 Å². The Hall–Kier alpha value is -3.06. The summed E-state index contributed by atoms with van der Waals surface area (Å²) in [5, 5.41) is 10.5. The third kappa shape index (κ3) is 12.6. The number of aliphatic hydroxyl groups excluding tert-OH is 1. The lowest BCUT2D eigenvalue weighted by molar-refractivity contribution is -0.122. The van der Waals surface area contributed by atoms with Gasteiger partial charge in [0.1, 0.15) is 0 Å². The van der Waals surface area contributed by atoms with Crippen LogP contribution in [-0.2, 0) is 30.6 Å². The van der Waals surface area contributed by atoms with E-state index < -0.39 is 6.10 Å². The van der Waals surface area contributed by atoms with Crippen LogP contribution in [0.1, 0.15) is 62.8 Å². The number of aromatic nitrogens is 1. The van der Waals surface area contributed by atoms with Gasteiger partial charge in [0.15, 0.2) is 0 Å². The van der Waals surface area contributed by atoms with Gasteiger partial charge in [-0.1, -0.05) is 88.4 Å². The number of hydrogen-bond acceptors (Lipinski definition) is 5. The van der Waals surface area contributed by atoms with E-state index in [1.807, 2.05) is 70.3 Å². The highest BCUT2D eigenvalue weighted by Crippen LogP contribution is 2.20. The summed E-state index contributed by atoms with van der Waals surface area (Å²) in [5.74, 6) is -0.687. The van der Waals surface area contributed by atoms with E-state index >= 15 is 0 Å². The molecule has 6 heteroatoms. The first kappa shape index (κ1) is 34.1. The van der Waals surface area contributed by atoms with Gasteiger partial charge in [0, 0.05) is 57.6 Å². The van der Waals surface area contributed by atoms with Crippen molar-refractivity contribution in [3.05, 3.63) is 101 Å². The Morgan fingerprint density at radius 3 is 1.95 bits per heavy atom. The Bertz CT molecular complexity index is 1060. The number of hydrogen-bond donors (Lipinski definition) is 2. The van der Waals surface area contributed by atoms with Crippen LogP contribution in [0, 0.1) is 5.92 Å². The second-order valence-corrected chi connectivity index (χ2v) is 10.2. The van der Waals surface area contributed by atoms with Crippen molar-refractivity contribution < 1.29 is 9.90 Å². The zero-order valence-electron chi connectivity index (χ0n) is 25.7. The van der Waals surface area contributed by atoms with E-state index in [2.05, 4.69) is 45.1 Å². The number of nitrogens with two attached hydrogens (primary N) is 1. The number of pyridine rings is 1. The van der Waals surface area contributed by atoms with Crippen LogP contribution in [0.4, 0.5) is 0 Å². The molecule has 2 atom stereocenters. The zero-order valence-corrected chi connectivity index (χ0v) is 25.7. The van der Waals surface area contributed by atoms with E-state index in [4.69, 9.17) is 5.73 Å². The average Bonchev–Trinajstić information content (AvgIpc) is 3.50. The van der Waals surface area contributed by atoms with Crippen molar-refractivity contribution >= 4 is 5.91 Å². The molecule has 6 nitrogen and oxygen atoms in total. The van der Waals surface area contributed by atoms with E-state index in [9.17, 15) is 9.90 Å². The van der Waals surface area contributed by atoms with Crippen molar-refractivity contribution in [1.29, 1.82) is 0 Å². The molecule has 0 radical (unpaired) electrons. The SMILES string of the molecule is CC.CC.NC(=O)C(Cc1ccccc1)C[C@H](O)CN1CCN(Cc2cccnc2)CC1.c1ccc2c(c1)CCC2. The molecule has 1 fully saturated rings. The average molecular weight is 561 g/mol. The summed E-state index contributed by atoms with van der Waals surface area (Å²) >= 11 is 0. The fourth-order valence-electron chi connectivity index (χ4n) is 5.29. The van der Waals surface area contributed by atoms with Crippen LogP contribution in [-0.4, -0.2) is 64.6 Å². The second kappa shape index (κ2) is 19.9. The fourth-order valence-corrected chi connectivity index (χ4v) is 5.29. The molecule has 1 aromatic heterocycles. The van der Waals surface area contributed by atoms with Crippen molar-refractivity contribution in [3.63, 3.8) is 0 Å². The monoisotopic (exact) mass is 560 g/mol. The molecule has 5 rings (SSSR count). The van der Waals surface area contributed by atoms with E-state index in [-0.39, 0.29) is 11.8 Å². The van der Waals surface area contributed by atoms with Gasteiger partial charge < -0.3 is 10.8 Å². The molecule has 2 heterocycles. The fraction of sp³-hybridized carbons (Fsp3) is 0.486. The van der Waals surface area contributed by atoms with Crippen LogP contribution in [0.15, 0.2) is 79.1 Å². The van der Waals surface area contributed by atoms with Crippen LogP contribution < -0.4 is 5.73 Å². The number of fused-ring (bicyclic) bond motifs is 1. The van der Waals surface area contributed by atoms with Gasteiger partial charge in [-0.25, -0.2) is 0 Å². The largest absolute Gasteiger partial charge is 0.392 e. The summed E-state index contributed by atoms with van der Waals surface area (Å²) in [6.45, 7) is 13.2. The normalized spacial score (nSPS) is 15.9. The lowest BCUT2D eigenvalue weighted by Gasteiger charge is -2.35. The maximum absolute atomic E-state index is 11.8. The molecule has 1 saturated heterocycles. The topological polar surface area (TPSA) is 82.7 Å². The summed E-state index contributed by atoms with van der Waals surface area (Å²) < 4.78 is 0. The first-order valence-electron chi connectivity index (χ1n) is 15.5. The second-order valence-electron chi connectivity index (χ2n) is 10.2. The summed E-state index contributed by atoms with van der Waals surface area (Å²) in [6.07, 6.45) is 8.09. The highest BCUT2D eigenvalue weighted by atomic mass is 16.3. The molecule has 0 saturated carbocycles. The first-order chi connectivity index (χ1) is 20.1. The Kier molecular flexibility index (Phi) is 16.6. The maximum Gasteiger partial charge on any atom is 0.220 e. The highest BCUT2D eigenvalue weighted by molar-refractivity contribution is 5.77. The Morgan fingerprint density at radius 2 is 1.39 bits per heavy atom. The molecular weight excluding hydrogens is 508 g/mol. The van der Waals surface area contributed by atoms with Gasteiger partial charge in [-0.15, -0.1) is 0 Å². The van der Waals surface area contributed by atoms with Crippen molar-refractivity contribution in [3.8, 4) is 0 Å². The van der Waals surface area contributed by atoms with E-state index in [1.54, 1.807) is 17.3 Å². The minimum Gasteiger partial charge on any atom is -0.392 e. The van der Waals surface area contributed by atoms with Gasteiger partial charge >= 0.3 is 0 Å². The quantitative estimate of drug-likeness (QED) is 0.360. The maximum atomic E-state index is 11.8. The predicted octanol–water partition coefficient (Wildman–Crippen LogP) is 5.52. The standard InChI is InChI=1S/C22H30N4O2.C9H10.2C2H6/c23-22(28)20(13-18-5-2-1-3-6-18)14-21(27)17-26-11-9-25(10-12-26)16-19-7-4-8-24-15-19;1-2-5-9-7-3-6-8(9)4-1;2*1-2/h1-8,15,20-21,27H,9-14,16-17H2,(H2,23,28);1-2,4-5H,3,6-7H2;2*1-2H3/t20?,21-;;;/m0.../s1. The number of benzene rings is 2. The van der Waals surface area contributed by atoms with E-state index in [0.29, 0.717) is 19.4 Å². The molecule has 1 aliphatic carbocycles. The number of aryl methyl sites for hydroxylation is 2. The molecule has 0 bridgehead atoms. The lowest BCUT2D eigenvalue weighted by Crippen LogP contribution is -2.48. The number of primary amides is 1. The van der Waals surface area contributed by atoms with Crippen LogP contribution in [0.25, 0.3) is 0 Å². The van der Waals surface area contributed by atoms with Crippen LogP contribution >= 0.6 is 0 Å². The minimum absolute atomic E-state index is 0.343. The Morgan fingerprint density at radius 1 is 0.829 bits per heavy atom. The molecule has 41 heavy (non-hydrogen) atoms. The molecule has 1 unspecified atom stereocenters. The van der Waals surface area contributed by atoms with Gasteiger partial charge in [-0.2, -0.15) is 0 Å². The molecule has 3 aromatic rings. The third-order valence-electron chi connectivity index (χ3n) is 7.36. The van der Waals surface area contributed by atoms with Gasteiger partial charge in [0.2, 0.25) is 5.91 Å². The molecule has 3 N–H and O–H groups in total. The smallest absolute Gasteiger partial charge is 0.220 e. The van der Waals surface area contributed by atoms with Crippen LogP contribution in [0.2, 0.25) is 0 Å². The zero-order chi connectivity index (χ0) is 29.9. The number of carbonyl (C=O) groups is 1. The Balaban J connectivity index is 0.000000374. The van der Waals surface area contributed by atoms with Crippen molar-refractivity contribution in [1.82, 2.24) is 14.8 Å². The third-order valence-corrected chi connectivity index (χ3v) is 7.36. The lowest BCUT2D eigenvalue weighted by atomic mass is 9.93. The number of nitrogens with zero attached hydrogens (tertiary/aromatic N) is 3. The van der Waals surface area contributed by atoms with Gasteiger partial charge in [0.25, 0.3) is 0 Å². The number of carbonyl (C=O) groups excluding carboxylic acids is 1. The van der Waals surface area contributed by atoms with Crippen LogP contribution in [0.5, 0.6) is 0 Å². The molecule has 1 amide bonds. The highest BCUT2D eigenvalue weighted by Gasteiger charge is 2.24. The number of amides is 1. The molecule has 0 spiro atoms. The predicted molar refractivity (Wildman–Crippen MR) is 171 cm³/mol. The molecule has 2 aliphatic rings. The van der Waals surface area contributed by atoms with E-state index in [1.165, 1.54) is 24.8 Å². The minimum atomic E-state index is -0.550. The number of rotatable bonds is 9. The van der Waals surface area contributed by atoms with Gasteiger partial charge in [-0.05, 0) is 60.4 Å². The van der Waals surface area contributed by atoms with Crippen molar-refractivity contribution in [2.24, 2.45) is 11.7 Å². The number of β-amino-alcohol motifs (C(OH)–C–C–N with tert-alkyl or cyclic N) is 1. The van der Waals surface area contributed by atoms with Crippen molar-refractivity contribution in [2.45, 2.75) is 72.4 Å². The van der Waals surface area contributed by atoms with Crippen molar-refractivity contribution in [2.75, 3.05) is 32.7 Å². The number of piperazine rings is 1. The summed E-state index contributed by atoms with van der Waals surface area (Å²) in [7, 11) is 0. The van der Waals surface area contributed by atoms with E-state index in [0.717, 1.165) is 38.3 Å². The first-order valence-corrected chi connectivity index (χ1v) is 15.5. The molecule has 1 aliphatic heterocycles. The van der Waals surface area contributed by atoms with Gasteiger partial charge in [-0.3, -0.25) is 19.6 Å². The van der Waals surface area contributed by atoms with Crippen LogP contribution in [0.3, 0.4) is 0 Å². The summed E-state index contributed by atoms with van der Waals surface area (Å²) in [5.41, 5.74) is 11.0.